The lowest BCUT2D eigenvalue weighted by atomic mass is 9.89. The third kappa shape index (κ3) is 5.08. The lowest BCUT2D eigenvalue weighted by molar-refractivity contribution is -0.940. The molecular weight excluding hydrogens is 420 g/mol. The van der Waals surface area contributed by atoms with E-state index in [4.69, 9.17) is 0 Å². The number of hydrogen-bond donors (Lipinski definition) is 1. The van der Waals surface area contributed by atoms with Crippen LogP contribution in [0.1, 0.15) is 48.9 Å². The maximum atomic E-state index is 14.2. The highest BCUT2D eigenvalue weighted by Gasteiger charge is 2.44. The normalized spacial score (nSPS) is 21.1. The van der Waals surface area contributed by atoms with Crippen molar-refractivity contribution in [3.8, 4) is 0 Å². The molecule has 1 aliphatic rings. The average Bonchev–Trinajstić information content (AvgIpc) is 3.26. The molecule has 2 unspecified atom stereocenters. The van der Waals surface area contributed by atoms with Gasteiger partial charge in [0.2, 0.25) is 5.91 Å². The van der Waals surface area contributed by atoms with Gasteiger partial charge in [0.05, 0.1) is 18.5 Å². The van der Waals surface area contributed by atoms with E-state index in [1.54, 1.807) is 0 Å². The fourth-order valence-corrected chi connectivity index (χ4v) is 5.45. The Labute approximate surface area is 204 Å². The molecule has 0 spiro atoms. The summed E-state index contributed by atoms with van der Waals surface area (Å²) >= 11 is 0. The van der Waals surface area contributed by atoms with Gasteiger partial charge in [-0.2, -0.15) is 0 Å². The molecule has 178 valence electrons. The maximum Gasteiger partial charge on any atom is 0.235 e. The first-order valence-electron chi connectivity index (χ1n) is 12.4. The average molecular weight is 458 g/mol. The van der Waals surface area contributed by atoms with E-state index in [0.717, 1.165) is 47.2 Å². The van der Waals surface area contributed by atoms with Crippen LogP contribution in [0.15, 0.2) is 91.0 Å². The van der Waals surface area contributed by atoms with E-state index in [9.17, 15) is 9.90 Å². The largest absolute Gasteiger partial charge is 0.387 e. The first-order valence-corrected chi connectivity index (χ1v) is 12.4. The van der Waals surface area contributed by atoms with Crippen molar-refractivity contribution in [1.82, 2.24) is 4.90 Å². The summed E-state index contributed by atoms with van der Waals surface area (Å²) in [5, 5.41) is 10.4. The lowest BCUT2D eigenvalue weighted by Crippen LogP contribution is -2.56. The lowest BCUT2D eigenvalue weighted by Gasteiger charge is -2.43. The van der Waals surface area contributed by atoms with Gasteiger partial charge in [-0.05, 0) is 30.5 Å². The molecule has 0 radical (unpaired) electrons. The number of amides is 1. The molecule has 1 aliphatic heterocycles. The molecule has 34 heavy (non-hydrogen) atoms. The van der Waals surface area contributed by atoms with Crippen LogP contribution < -0.4 is 0 Å². The Morgan fingerprint density at radius 3 is 1.76 bits per heavy atom. The molecule has 1 fully saturated rings. The molecule has 3 aromatic carbocycles. The van der Waals surface area contributed by atoms with Crippen molar-refractivity contribution in [3.63, 3.8) is 0 Å². The highest BCUT2D eigenvalue weighted by Crippen LogP contribution is 2.34. The summed E-state index contributed by atoms with van der Waals surface area (Å²) in [6, 6.07) is 30.8. The van der Waals surface area contributed by atoms with Gasteiger partial charge in [0.15, 0.2) is 0 Å². The number of benzene rings is 3. The Balaban J connectivity index is 1.73. The fraction of sp³-hybridized carbons (Fsp3) is 0.367. The third-order valence-electron chi connectivity index (χ3n) is 7.63. The smallest absolute Gasteiger partial charge is 0.235 e. The first-order chi connectivity index (χ1) is 16.4. The Morgan fingerprint density at radius 1 is 0.882 bits per heavy atom. The molecule has 4 rings (SSSR count). The van der Waals surface area contributed by atoms with Gasteiger partial charge in [0.25, 0.3) is 0 Å². The summed E-state index contributed by atoms with van der Waals surface area (Å²) in [5.74, 6) is -0.275. The van der Waals surface area contributed by atoms with E-state index in [1.165, 1.54) is 0 Å². The first kappa shape index (κ1) is 24.2. The second-order valence-corrected chi connectivity index (χ2v) is 9.97. The summed E-state index contributed by atoms with van der Waals surface area (Å²) in [6.45, 7) is 6.93. The van der Waals surface area contributed by atoms with Crippen LogP contribution in [0.4, 0.5) is 0 Å². The number of carbonyl (C=O) groups is 1. The minimum Gasteiger partial charge on any atom is -0.387 e. The van der Waals surface area contributed by atoms with Gasteiger partial charge in [-0.25, -0.2) is 0 Å². The van der Waals surface area contributed by atoms with Crippen LogP contribution in [0.3, 0.4) is 0 Å². The van der Waals surface area contributed by atoms with Crippen molar-refractivity contribution in [2.24, 2.45) is 0 Å². The molecule has 1 amide bonds. The third-order valence-corrected chi connectivity index (χ3v) is 7.63. The molecule has 0 aromatic heterocycles. The van der Waals surface area contributed by atoms with Gasteiger partial charge in [-0.15, -0.1) is 0 Å². The van der Waals surface area contributed by atoms with Crippen molar-refractivity contribution in [3.05, 3.63) is 108 Å². The number of quaternary nitrogens is 1. The summed E-state index contributed by atoms with van der Waals surface area (Å²) < 4.78 is 0.819. The monoisotopic (exact) mass is 457 g/mol. The zero-order valence-corrected chi connectivity index (χ0v) is 20.5. The van der Waals surface area contributed by atoms with Crippen molar-refractivity contribution >= 4 is 5.91 Å². The highest BCUT2D eigenvalue weighted by atomic mass is 16.3. The molecule has 4 nitrogen and oxygen atoms in total. The van der Waals surface area contributed by atoms with Crippen LogP contribution in [-0.4, -0.2) is 59.2 Å². The zero-order valence-electron chi connectivity index (χ0n) is 20.5. The molecule has 1 N–H and O–H groups in total. The number of nitrogens with zero attached hydrogens (tertiary/aromatic N) is 2. The molecule has 1 saturated heterocycles. The maximum absolute atomic E-state index is 14.2. The molecule has 0 aliphatic carbocycles. The number of likely N-dealkylation sites (tertiary alicyclic amines) is 1. The number of likely N-dealkylation sites (N-methyl/N-ethyl adjacent to an activating group) is 1. The van der Waals surface area contributed by atoms with Gasteiger partial charge in [0, 0.05) is 13.5 Å². The Kier molecular flexibility index (Phi) is 7.50. The molecule has 4 heteroatoms. The molecule has 3 aromatic rings. The molecular formula is C30H37N2O2+. The second kappa shape index (κ2) is 10.5. The van der Waals surface area contributed by atoms with Crippen molar-refractivity contribution in [2.45, 2.75) is 44.4 Å². The number of carbonyl (C=O) groups excluding carboxylic acids is 1. The number of rotatable bonds is 8. The number of aliphatic hydroxyl groups is 1. The number of hydrogen-bond acceptors (Lipinski definition) is 2. The van der Waals surface area contributed by atoms with Crippen LogP contribution in [0, 0.1) is 0 Å². The van der Waals surface area contributed by atoms with E-state index in [-0.39, 0.29) is 24.0 Å². The van der Waals surface area contributed by atoms with Crippen LogP contribution in [0.25, 0.3) is 0 Å². The van der Waals surface area contributed by atoms with Gasteiger partial charge < -0.3 is 14.5 Å². The molecule has 0 saturated carbocycles. The Hall–Kier alpha value is -2.95. The molecule has 3 atom stereocenters. The fourth-order valence-electron chi connectivity index (χ4n) is 5.45. The summed E-state index contributed by atoms with van der Waals surface area (Å²) in [5.41, 5.74) is 3.14. The Morgan fingerprint density at radius 2 is 1.35 bits per heavy atom. The minimum atomic E-state index is -0.365. The van der Waals surface area contributed by atoms with Gasteiger partial charge >= 0.3 is 0 Å². The highest BCUT2D eigenvalue weighted by molar-refractivity contribution is 5.87. The molecule has 0 bridgehead atoms. The van der Waals surface area contributed by atoms with Gasteiger partial charge in [-0.3, -0.25) is 4.79 Å². The number of aliphatic hydroxyl groups excluding tert-OH is 1. The summed E-state index contributed by atoms with van der Waals surface area (Å²) in [4.78, 5) is 16.2. The van der Waals surface area contributed by atoms with Crippen LogP contribution in [0.2, 0.25) is 0 Å². The SMILES string of the molecule is CC(C)[N+]1(CC(c2ccccc2)N(C)C(=O)C(c2ccccc2)c2ccccc2)CC[C@H](O)C1. The van der Waals surface area contributed by atoms with E-state index >= 15 is 0 Å². The summed E-state index contributed by atoms with van der Waals surface area (Å²) in [6.07, 6.45) is 0.537. The van der Waals surface area contributed by atoms with E-state index < -0.39 is 0 Å². The predicted octanol–water partition coefficient (Wildman–Crippen LogP) is 5.01. The van der Waals surface area contributed by atoms with Crippen molar-refractivity contribution < 1.29 is 14.4 Å². The second-order valence-electron chi connectivity index (χ2n) is 9.97. The van der Waals surface area contributed by atoms with Crippen molar-refractivity contribution in [2.75, 3.05) is 26.7 Å². The van der Waals surface area contributed by atoms with E-state index in [0.29, 0.717) is 6.04 Å². The Bertz CT molecular complexity index is 1020. The van der Waals surface area contributed by atoms with Crippen LogP contribution in [0.5, 0.6) is 0 Å². The van der Waals surface area contributed by atoms with Crippen LogP contribution in [-0.2, 0) is 4.79 Å². The van der Waals surface area contributed by atoms with Gasteiger partial charge in [0.1, 0.15) is 25.2 Å². The van der Waals surface area contributed by atoms with Crippen LogP contribution >= 0.6 is 0 Å². The quantitative estimate of drug-likeness (QED) is 0.483. The van der Waals surface area contributed by atoms with Gasteiger partial charge in [-0.1, -0.05) is 91.0 Å². The predicted molar refractivity (Wildman–Crippen MR) is 137 cm³/mol. The molecule has 1 heterocycles. The topological polar surface area (TPSA) is 40.5 Å². The minimum absolute atomic E-state index is 0.0867. The standard InChI is InChI=1S/C30H37N2O2/c1-23(2)32(20-19-27(33)21-32)22-28(24-13-7-4-8-14-24)31(3)30(34)29(25-15-9-5-10-16-25)26-17-11-6-12-18-26/h4-18,23,27-29,33H,19-22H2,1-3H3/q+1/t27-,28?,32?/m0/s1. The van der Waals surface area contributed by atoms with Crippen molar-refractivity contribution in [1.29, 1.82) is 0 Å². The van der Waals surface area contributed by atoms with E-state index in [1.807, 2.05) is 90.8 Å². The van der Waals surface area contributed by atoms with E-state index in [2.05, 4.69) is 26.0 Å². The summed E-state index contributed by atoms with van der Waals surface area (Å²) in [7, 11) is 1.95. The zero-order chi connectivity index (χ0) is 24.1.